The van der Waals surface area contributed by atoms with Crippen molar-refractivity contribution in [1.82, 2.24) is 20.4 Å². The number of aromatic nitrogens is 2. The molecule has 1 saturated heterocycles. The van der Waals surface area contributed by atoms with Gasteiger partial charge in [-0.05, 0) is 24.5 Å². The topological polar surface area (TPSA) is 107 Å². The van der Waals surface area contributed by atoms with Gasteiger partial charge in [0.15, 0.2) is 5.69 Å². The van der Waals surface area contributed by atoms with Gasteiger partial charge in [-0.15, -0.1) is 10.2 Å². The summed E-state index contributed by atoms with van der Waals surface area (Å²) in [5, 5.41) is 22.5. The second kappa shape index (κ2) is 6.17. The van der Waals surface area contributed by atoms with E-state index in [1.165, 1.54) is 17.7 Å². The van der Waals surface area contributed by atoms with E-state index in [0.717, 1.165) is 12.3 Å². The Hall–Kier alpha value is -2.38. The third-order valence-corrected chi connectivity index (χ3v) is 3.94. The molecule has 8 nitrogen and oxygen atoms in total. The monoisotopic (exact) mass is 305 g/mol. The summed E-state index contributed by atoms with van der Waals surface area (Å²) < 4.78 is 0. The second-order valence-electron chi connectivity index (χ2n) is 5.82. The Bertz CT molecular complexity index is 552. The Morgan fingerprint density at radius 2 is 2.05 bits per heavy atom. The van der Waals surface area contributed by atoms with Crippen LogP contribution in [0.5, 0.6) is 0 Å². The van der Waals surface area contributed by atoms with Crippen LogP contribution >= 0.6 is 0 Å². The summed E-state index contributed by atoms with van der Waals surface area (Å²) in [6.45, 7) is 1.54. The molecule has 1 aromatic rings. The van der Waals surface area contributed by atoms with Crippen molar-refractivity contribution in [1.29, 1.82) is 0 Å². The van der Waals surface area contributed by atoms with Gasteiger partial charge in [0.05, 0.1) is 6.04 Å². The van der Waals surface area contributed by atoms with Crippen molar-refractivity contribution < 1.29 is 14.7 Å². The van der Waals surface area contributed by atoms with Crippen LogP contribution in [0.4, 0.5) is 10.6 Å². The highest BCUT2D eigenvalue weighted by Crippen LogP contribution is 2.31. The summed E-state index contributed by atoms with van der Waals surface area (Å²) in [5.74, 6) is 1.12. The number of nitrogens with one attached hydrogen (secondary N) is 2. The Balaban J connectivity index is 1.43. The molecule has 1 aliphatic carbocycles. The smallest absolute Gasteiger partial charge is 0.407 e. The Morgan fingerprint density at radius 3 is 2.64 bits per heavy atom. The van der Waals surface area contributed by atoms with E-state index < -0.39 is 6.09 Å². The fraction of sp³-hybridized carbons (Fsp3) is 0.571. The van der Waals surface area contributed by atoms with Crippen LogP contribution in [0.3, 0.4) is 0 Å². The van der Waals surface area contributed by atoms with Crippen molar-refractivity contribution in [3.05, 3.63) is 17.8 Å². The molecule has 2 aliphatic rings. The Labute approximate surface area is 127 Å². The summed E-state index contributed by atoms with van der Waals surface area (Å²) in [5.41, 5.74) is 0.294. The number of carboxylic acid groups (broad SMARTS) is 1. The van der Waals surface area contributed by atoms with Crippen LogP contribution in [0.25, 0.3) is 0 Å². The fourth-order valence-corrected chi connectivity index (χ4v) is 2.35. The third kappa shape index (κ3) is 3.63. The molecule has 1 aromatic heterocycles. The van der Waals surface area contributed by atoms with Crippen molar-refractivity contribution >= 4 is 17.8 Å². The summed E-state index contributed by atoms with van der Waals surface area (Å²) in [6, 6.07) is 3.35. The zero-order chi connectivity index (χ0) is 15.5. The second-order valence-corrected chi connectivity index (χ2v) is 5.82. The van der Waals surface area contributed by atoms with E-state index in [1.807, 2.05) is 0 Å². The van der Waals surface area contributed by atoms with E-state index in [0.29, 0.717) is 31.1 Å². The van der Waals surface area contributed by atoms with Gasteiger partial charge in [-0.1, -0.05) is 12.8 Å². The van der Waals surface area contributed by atoms with Gasteiger partial charge in [-0.2, -0.15) is 0 Å². The molecule has 0 unspecified atom stereocenters. The zero-order valence-electron chi connectivity index (χ0n) is 12.2. The van der Waals surface area contributed by atoms with Crippen LogP contribution in [0.1, 0.15) is 29.8 Å². The first-order valence-electron chi connectivity index (χ1n) is 7.48. The Kier molecular flexibility index (Phi) is 4.08. The minimum Gasteiger partial charge on any atom is -0.465 e. The molecule has 2 amide bonds. The van der Waals surface area contributed by atoms with Gasteiger partial charge >= 0.3 is 6.09 Å². The molecule has 8 heteroatoms. The first-order valence-corrected chi connectivity index (χ1v) is 7.48. The summed E-state index contributed by atoms with van der Waals surface area (Å²) in [6.07, 6.45) is 2.66. The van der Waals surface area contributed by atoms with Crippen LogP contribution in [0, 0.1) is 5.92 Å². The van der Waals surface area contributed by atoms with E-state index in [1.54, 1.807) is 12.1 Å². The summed E-state index contributed by atoms with van der Waals surface area (Å²) in [7, 11) is 0. The van der Waals surface area contributed by atoms with Crippen molar-refractivity contribution in [3.63, 3.8) is 0 Å². The lowest BCUT2D eigenvalue weighted by Gasteiger charge is -2.37. The molecule has 0 bridgehead atoms. The van der Waals surface area contributed by atoms with Crippen molar-refractivity contribution in [3.8, 4) is 0 Å². The minimum absolute atomic E-state index is 0.0450. The highest BCUT2D eigenvalue weighted by molar-refractivity contribution is 5.92. The first-order chi connectivity index (χ1) is 10.6. The van der Waals surface area contributed by atoms with E-state index in [9.17, 15) is 9.59 Å². The number of carbonyl (C=O) groups excluding carboxylic acids is 1. The van der Waals surface area contributed by atoms with E-state index in [2.05, 4.69) is 20.8 Å². The molecule has 1 aliphatic heterocycles. The first kappa shape index (κ1) is 14.6. The van der Waals surface area contributed by atoms with Gasteiger partial charge < -0.3 is 20.6 Å². The lowest BCUT2D eigenvalue weighted by molar-refractivity contribution is 0.0946. The highest BCUT2D eigenvalue weighted by atomic mass is 16.4. The molecule has 2 heterocycles. The molecule has 3 N–H and O–H groups in total. The maximum absolute atomic E-state index is 11.9. The molecule has 22 heavy (non-hydrogen) atoms. The van der Waals surface area contributed by atoms with Crippen LogP contribution in [0.2, 0.25) is 0 Å². The number of hydrogen-bond acceptors (Lipinski definition) is 5. The summed E-state index contributed by atoms with van der Waals surface area (Å²) in [4.78, 5) is 23.8. The Morgan fingerprint density at radius 1 is 1.27 bits per heavy atom. The maximum Gasteiger partial charge on any atom is 0.407 e. The number of likely N-dealkylation sites (tertiary alicyclic amines) is 1. The number of nitrogens with zero attached hydrogens (tertiary/aromatic N) is 3. The molecular weight excluding hydrogens is 286 g/mol. The van der Waals surface area contributed by atoms with Crippen LogP contribution in [0.15, 0.2) is 12.1 Å². The predicted octanol–water partition coefficient (Wildman–Crippen LogP) is 0.781. The number of rotatable bonds is 6. The lowest BCUT2D eigenvalue weighted by atomic mass is 10.1. The molecule has 3 rings (SSSR count). The molecule has 2 fully saturated rings. The average Bonchev–Trinajstić information content (AvgIpc) is 3.26. The van der Waals surface area contributed by atoms with Crippen molar-refractivity contribution in [2.75, 3.05) is 25.0 Å². The van der Waals surface area contributed by atoms with Gasteiger partial charge in [0, 0.05) is 19.6 Å². The predicted molar refractivity (Wildman–Crippen MR) is 78.7 cm³/mol. The standard InChI is InChI=1S/C14H19N5O3/c20-13(15-6-5-9-1-2-9)11-3-4-12(18-17-11)16-10-7-19(8-10)14(21)22/h3-4,9-10H,1-2,5-8H2,(H,15,20)(H,16,18)(H,21,22). The van der Waals surface area contributed by atoms with Gasteiger partial charge in [0.1, 0.15) is 5.82 Å². The van der Waals surface area contributed by atoms with E-state index in [-0.39, 0.29) is 11.9 Å². The molecule has 0 atom stereocenters. The third-order valence-electron chi connectivity index (χ3n) is 3.94. The number of hydrogen-bond donors (Lipinski definition) is 3. The number of amides is 2. The molecule has 0 spiro atoms. The van der Waals surface area contributed by atoms with Crippen molar-refractivity contribution in [2.24, 2.45) is 5.92 Å². The maximum atomic E-state index is 11.9. The molecule has 0 radical (unpaired) electrons. The molecule has 1 saturated carbocycles. The average molecular weight is 305 g/mol. The largest absolute Gasteiger partial charge is 0.465 e. The SMILES string of the molecule is O=C(NCCC1CC1)c1ccc(NC2CN(C(=O)O)C2)nn1. The molecular formula is C14H19N5O3. The van der Waals surface area contributed by atoms with Crippen molar-refractivity contribution in [2.45, 2.75) is 25.3 Å². The highest BCUT2D eigenvalue weighted by Gasteiger charge is 2.30. The zero-order valence-corrected chi connectivity index (χ0v) is 12.2. The van der Waals surface area contributed by atoms with Crippen LogP contribution in [-0.4, -0.2) is 57.9 Å². The number of anilines is 1. The van der Waals surface area contributed by atoms with Crippen LogP contribution in [-0.2, 0) is 0 Å². The van der Waals surface area contributed by atoms with Gasteiger partial charge in [0.25, 0.3) is 5.91 Å². The van der Waals surface area contributed by atoms with Gasteiger partial charge in [-0.25, -0.2) is 4.79 Å². The molecule has 118 valence electrons. The fourth-order valence-electron chi connectivity index (χ4n) is 2.35. The molecule has 0 aromatic carbocycles. The quantitative estimate of drug-likeness (QED) is 0.717. The van der Waals surface area contributed by atoms with Crippen LogP contribution < -0.4 is 10.6 Å². The normalized spacial score (nSPS) is 17.7. The lowest BCUT2D eigenvalue weighted by Crippen LogP contribution is -2.56. The number of carbonyl (C=O) groups is 2. The van der Waals surface area contributed by atoms with Gasteiger partial charge in [0.2, 0.25) is 0 Å². The van der Waals surface area contributed by atoms with Gasteiger partial charge in [-0.3, -0.25) is 4.79 Å². The van der Waals surface area contributed by atoms with E-state index in [4.69, 9.17) is 5.11 Å². The minimum atomic E-state index is -0.914. The van der Waals surface area contributed by atoms with E-state index >= 15 is 0 Å². The summed E-state index contributed by atoms with van der Waals surface area (Å²) >= 11 is 0.